The molecule has 0 radical (unpaired) electrons. The Labute approximate surface area is 181 Å². The molecule has 0 saturated heterocycles. The number of nitrogens with one attached hydrogen (secondary N) is 2. The Bertz CT molecular complexity index is 1340. The Morgan fingerprint density at radius 3 is 2.61 bits per heavy atom. The molecular weight excluding hydrogens is 421 g/mol. The van der Waals surface area contributed by atoms with Gasteiger partial charge in [0.1, 0.15) is 11.6 Å². The molecule has 0 aliphatic carbocycles. The second kappa shape index (κ2) is 8.57. The molecule has 4 aromatic rings. The lowest BCUT2D eigenvalue weighted by Gasteiger charge is -2.10. The SMILES string of the molecule is O=C(NCc1ccncc1)c1ccc2[nH]c(=O)c(Cc3ccc(Cl)c(F)c3)c(O)c2c1. The molecule has 0 atom stereocenters. The Balaban J connectivity index is 1.64. The molecule has 0 unspecified atom stereocenters. The van der Waals surface area contributed by atoms with Crippen LogP contribution in [0.25, 0.3) is 10.9 Å². The first kappa shape index (κ1) is 20.6. The average molecular weight is 438 g/mol. The van der Waals surface area contributed by atoms with Crippen LogP contribution in [0.1, 0.15) is 27.0 Å². The maximum atomic E-state index is 13.7. The van der Waals surface area contributed by atoms with Crippen LogP contribution in [0.3, 0.4) is 0 Å². The lowest BCUT2D eigenvalue weighted by Crippen LogP contribution is -2.22. The number of hydrogen-bond acceptors (Lipinski definition) is 4. The predicted octanol–water partition coefficient (Wildman–Crippen LogP) is 3.94. The second-order valence-corrected chi connectivity index (χ2v) is 7.41. The zero-order chi connectivity index (χ0) is 22.0. The van der Waals surface area contributed by atoms with Crippen molar-refractivity contribution in [3.05, 3.63) is 104 Å². The molecule has 2 heterocycles. The van der Waals surface area contributed by atoms with Gasteiger partial charge >= 0.3 is 0 Å². The van der Waals surface area contributed by atoms with E-state index in [0.717, 1.165) is 5.56 Å². The number of hydrogen-bond donors (Lipinski definition) is 3. The molecule has 0 fully saturated rings. The van der Waals surface area contributed by atoms with Gasteiger partial charge in [0.15, 0.2) is 0 Å². The molecular formula is C23H17ClFN3O3. The number of aromatic amines is 1. The van der Waals surface area contributed by atoms with Gasteiger partial charge in [0.2, 0.25) is 0 Å². The Morgan fingerprint density at radius 2 is 1.87 bits per heavy atom. The minimum atomic E-state index is -0.607. The van der Waals surface area contributed by atoms with E-state index in [1.54, 1.807) is 42.7 Å². The van der Waals surface area contributed by atoms with E-state index in [2.05, 4.69) is 15.3 Å². The van der Waals surface area contributed by atoms with Gasteiger partial charge < -0.3 is 15.4 Å². The van der Waals surface area contributed by atoms with Crippen molar-refractivity contribution >= 4 is 28.4 Å². The molecule has 0 saturated carbocycles. The molecule has 6 nitrogen and oxygen atoms in total. The Kier molecular flexibility index (Phi) is 5.68. The van der Waals surface area contributed by atoms with Crippen molar-refractivity contribution in [1.82, 2.24) is 15.3 Å². The summed E-state index contributed by atoms with van der Waals surface area (Å²) in [7, 11) is 0. The first-order chi connectivity index (χ1) is 14.9. The summed E-state index contributed by atoms with van der Waals surface area (Å²) < 4.78 is 13.7. The number of rotatable bonds is 5. The summed E-state index contributed by atoms with van der Waals surface area (Å²) >= 11 is 5.70. The lowest BCUT2D eigenvalue weighted by molar-refractivity contribution is 0.0951. The van der Waals surface area contributed by atoms with E-state index in [1.807, 2.05) is 0 Å². The van der Waals surface area contributed by atoms with Crippen LogP contribution < -0.4 is 10.9 Å². The van der Waals surface area contributed by atoms with E-state index in [4.69, 9.17) is 11.6 Å². The molecule has 31 heavy (non-hydrogen) atoms. The quantitative estimate of drug-likeness (QED) is 0.440. The highest BCUT2D eigenvalue weighted by molar-refractivity contribution is 6.30. The Morgan fingerprint density at radius 1 is 1.10 bits per heavy atom. The van der Waals surface area contributed by atoms with Crippen LogP contribution in [0, 0.1) is 5.82 Å². The molecule has 1 amide bonds. The molecule has 0 spiro atoms. The highest BCUT2D eigenvalue weighted by Crippen LogP contribution is 2.28. The third kappa shape index (κ3) is 4.41. The molecule has 2 aromatic heterocycles. The van der Waals surface area contributed by atoms with Crippen LogP contribution in [-0.4, -0.2) is 21.0 Å². The highest BCUT2D eigenvalue weighted by Gasteiger charge is 2.15. The number of fused-ring (bicyclic) bond motifs is 1. The number of aromatic nitrogens is 2. The topological polar surface area (TPSA) is 95.1 Å². The van der Waals surface area contributed by atoms with E-state index in [1.165, 1.54) is 18.2 Å². The molecule has 4 rings (SSSR count). The summed E-state index contributed by atoms with van der Waals surface area (Å²) in [6, 6.07) is 12.4. The van der Waals surface area contributed by atoms with Gasteiger partial charge in [-0.1, -0.05) is 17.7 Å². The number of nitrogens with zero attached hydrogens (tertiary/aromatic N) is 1. The first-order valence-electron chi connectivity index (χ1n) is 9.41. The molecule has 0 aliphatic rings. The third-order valence-corrected chi connectivity index (χ3v) is 5.22. The van der Waals surface area contributed by atoms with Crippen molar-refractivity contribution in [2.45, 2.75) is 13.0 Å². The fourth-order valence-electron chi connectivity index (χ4n) is 3.26. The lowest BCUT2D eigenvalue weighted by atomic mass is 10.0. The smallest absolute Gasteiger partial charge is 0.255 e. The summed E-state index contributed by atoms with van der Waals surface area (Å²) in [5.41, 5.74) is 1.67. The minimum Gasteiger partial charge on any atom is -0.507 e. The van der Waals surface area contributed by atoms with Crippen LogP contribution in [0.5, 0.6) is 5.75 Å². The summed E-state index contributed by atoms with van der Waals surface area (Å²) in [5, 5.41) is 13.8. The van der Waals surface area contributed by atoms with Crippen LogP contribution in [0.2, 0.25) is 5.02 Å². The van der Waals surface area contributed by atoms with E-state index >= 15 is 0 Å². The molecule has 8 heteroatoms. The number of H-pyrrole nitrogens is 1. The molecule has 156 valence electrons. The summed E-state index contributed by atoms with van der Waals surface area (Å²) in [6.45, 7) is 0.324. The van der Waals surface area contributed by atoms with Gasteiger partial charge in [0.25, 0.3) is 11.5 Å². The summed E-state index contributed by atoms with van der Waals surface area (Å²) in [4.78, 5) is 31.6. The number of carbonyl (C=O) groups excluding carboxylic acids is 1. The van der Waals surface area contributed by atoms with Crippen molar-refractivity contribution < 1.29 is 14.3 Å². The largest absolute Gasteiger partial charge is 0.507 e. The van der Waals surface area contributed by atoms with Gasteiger partial charge in [0, 0.05) is 36.3 Å². The third-order valence-electron chi connectivity index (χ3n) is 4.91. The number of amides is 1. The van der Waals surface area contributed by atoms with Crippen molar-refractivity contribution in [3.63, 3.8) is 0 Å². The van der Waals surface area contributed by atoms with Gasteiger partial charge in [0.05, 0.1) is 16.1 Å². The number of carbonyl (C=O) groups is 1. The van der Waals surface area contributed by atoms with E-state index in [9.17, 15) is 19.1 Å². The van der Waals surface area contributed by atoms with Gasteiger partial charge in [-0.25, -0.2) is 4.39 Å². The number of halogens is 2. The van der Waals surface area contributed by atoms with Crippen molar-refractivity contribution in [2.24, 2.45) is 0 Å². The number of benzene rings is 2. The van der Waals surface area contributed by atoms with Crippen LogP contribution in [0.4, 0.5) is 4.39 Å². The van der Waals surface area contributed by atoms with Gasteiger partial charge in [-0.15, -0.1) is 0 Å². The molecule has 3 N–H and O–H groups in total. The van der Waals surface area contributed by atoms with Crippen molar-refractivity contribution in [3.8, 4) is 5.75 Å². The van der Waals surface area contributed by atoms with Gasteiger partial charge in [-0.2, -0.15) is 0 Å². The average Bonchev–Trinajstić information content (AvgIpc) is 2.78. The Hall–Kier alpha value is -3.71. The van der Waals surface area contributed by atoms with Crippen LogP contribution >= 0.6 is 11.6 Å². The maximum absolute atomic E-state index is 13.7. The van der Waals surface area contributed by atoms with Gasteiger partial charge in [-0.05, 0) is 53.6 Å². The standard InChI is InChI=1S/C23H17ClFN3O3/c24-18-3-1-14(10-19(18)25)9-17-21(29)16-11-15(2-4-20(16)28-23(17)31)22(30)27-12-13-5-7-26-8-6-13/h1-8,10-11H,9,12H2,(H,27,30)(H2,28,29,31). The fourth-order valence-corrected chi connectivity index (χ4v) is 3.38. The zero-order valence-electron chi connectivity index (χ0n) is 16.2. The number of pyridine rings is 2. The molecule has 2 aromatic carbocycles. The minimum absolute atomic E-state index is 0.00363. The monoisotopic (exact) mass is 437 g/mol. The highest BCUT2D eigenvalue weighted by atomic mass is 35.5. The zero-order valence-corrected chi connectivity index (χ0v) is 16.9. The summed E-state index contributed by atoms with van der Waals surface area (Å²) in [6.07, 6.45) is 3.28. The fraction of sp³-hybridized carbons (Fsp3) is 0.0870. The van der Waals surface area contributed by atoms with Crippen LogP contribution in [0.15, 0.2) is 65.7 Å². The maximum Gasteiger partial charge on any atom is 0.255 e. The van der Waals surface area contributed by atoms with Gasteiger partial charge in [-0.3, -0.25) is 14.6 Å². The summed E-state index contributed by atoms with van der Waals surface area (Å²) in [5.74, 6) is -1.19. The second-order valence-electron chi connectivity index (χ2n) is 7.01. The van der Waals surface area contributed by atoms with E-state index < -0.39 is 11.4 Å². The van der Waals surface area contributed by atoms with E-state index in [-0.39, 0.29) is 28.7 Å². The van der Waals surface area contributed by atoms with Crippen LogP contribution in [-0.2, 0) is 13.0 Å². The number of aromatic hydroxyl groups is 1. The van der Waals surface area contributed by atoms with Crippen molar-refractivity contribution in [1.29, 1.82) is 0 Å². The molecule has 0 aliphatic heterocycles. The van der Waals surface area contributed by atoms with E-state index in [0.29, 0.717) is 28.6 Å². The molecule has 0 bridgehead atoms. The predicted molar refractivity (Wildman–Crippen MR) is 116 cm³/mol. The normalized spacial score (nSPS) is 10.9. The van der Waals surface area contributed by atoms with Crippen molar-refractivity contribution in [2.75, 3.05) is 0 Å². The first-order valence-corrected chi connectivity index (χ1v) is 9.79.